The first kappa shape index (κ1) is 16.4. The number of halogens is 1. The fourth-order valence-corrected chi connectivity index (χ4v) is 4.40. The molecule has 1 unspecified atom stereocenters. The number of nitrogens with two attached hydrogens (primary N) is 1. The van der Waals surface area contributed by atoms with Crippen molar-refractivity contribution in [3.63, 3.8) is 0 Å². The molecule has 0 spiro atoms. The number of nitrogens with zero attached hydrogens (tertiary/aromatic N) is 2. The van der Waals surface area contributed by atoms with Crippen LogP contribution in [0.3, 0.4) is 0 Å². The Kier molecular flexibility index (Phi) is 5.39. The Hall–Kier alpha value is -0.930. The number of anilines is 1. The molecule has 7 nitrogen and oxygen atoms in total. The summed E-state index contributed by atoms with van der Waals surface area (Å²) in [4.78, 5) is 3.90. The molecule has 1 aliphatic heterocycles. The minimum atomic E-state index is -3.74. The van der Waals surface area contributed by atoms with Gasteiger partial charge in [0.1, 0.15) is 4.90 Å². The van der Waals surface area contributed by atoms with E-state index in [2.05, 4.69) is 10.4 Å². The lowest BCUT2D eigenvalue weighted by Gasteiger charge is -2.27. The molecular weight excluding hydrogens is 316 g/mol. The van der Waals surface area contributed by atoms with Gasteiger partial charge in [0.25, 0.3) is 0 Å². The number of aromatic nitrogens is 1. The van der Waals surface area contributed by atoms with Gasteiger partial charge in [0, 0.05) is 18.8 Å². The van der Waals surface area contributed by atoms with Gasteiger partial charge in [-0.1, -0.05) is 24.4 Å². The average Bonchev–Trinajstić information content (AvgIpc) is 2.72. The second-order valence-corrected chi connectivity index (χ2v) is 7.25. The van der Waals surface area contributed by atoms with Crippen LogP contribution in [0, 0.1) is 0 Å². The van der Waals surface area contributed by atoms with E-state index < -0.39 is 16.1 Å². The van der Waals surface area contributed by atoms with E-state index in [1.54, 1.807) is 0 Å². The predicted octanol–water partition coefficient (Wildman–Crippen LogP) is 0.946. The standard InChI is InChI=1S/C12H19ClN4O3S/c13-11-6-10(7-15-12(11)16-14)21(19,20)17-5-3-1-2-4-9(17)8-18/h6-7,9,18H,1-5,8,14H2,(H,15,16). The highest BCUT2D eigenvalue weighted by atomic mass is 35.5. The van der Waals surface area contributed by atoms with E-state index in [9.17, 15) is 13.5 Å². The van der Waals surface area contributed by atoms with E-state index in [1.165, 1.54) is 16.6 Å². The molecule has 2 rings (SSSR count). The molecule has 0 bridgehead atoms. The molecule has 1 atom stereocenters. The van der Waals surface area contributed by atoms with E-state index >= 15 is 0 Å². The molecule has 0 radical (unpaired) electrons. The fourth-order valence-electron chi connectivity index (χ4n) is 2.45. The van der Waals surface area contributed by atoms with Crippen LogP contribution in [0.1, 0.15) is 25.7 Å². The van der Waals surface area contributed by atoms with Crippen LogP contribution in [0.25, 0.3) is 0 Å². The molecule has 1 aromatic heterocycles. The number of pyridine rings is 1. The number of nitrogen functional groups attached to an aromatic ring is 1. The molecule has 9 heteroatoms. The second kappa shape index (κ2) is 6.89. The lowest BCUT2D eigenvalue weighted by atomic mass is 10.1. The van der Waals surface area contributed by atoms with Gasteiger partial charge in [0.15, 0.2) is 5.82 Å². The summed E-state index contributed by atoms with van der Waals surface area (Å²) in [5.41, 5.74) is 2.29. The number of aliphatic hydroxyl groups excluding tert-OH is 1. The van der Waals surface area contributed by atoms with E-state index in [1.807, 2.05) is 0 Å². The molecule has 0 amide bonds. The van der Waals surface area contributed by atoms with Crippen molar-refractivity contribution in [1.29, 1.82) is 0 Å². The zero-order valence-corrected chi connectivity index (χ0v) is 13.1. The summed E-state index contributed by atoms with van der Waals surface area (Å²) in [7, 11) is -3.74. The van der Waals surface area contributed by atoms with Crippen molar-refractivity contribution < 1.29 is 13.5 Å². The Bertz CT molecular complexity index is 596. The Morgan fingerprint density at radius 3 is 2.86 bits per heavy atom. The predicted molar refractivity (Wildman–Crippen MR) is 80.3 cm³/mol. The first-order chi connectivity index (χ1) is 10.0. The Labute approximate surface area is 129 Å². The summed E-state index contributed by atoms with van der Waals surface area (Å²) in [5.74, 6) is 5.44. The molecule has 0 aliphatic carbocycles. The van der Waals surface area contributed by atoms with Gasteiger partial charge in [-0.25, -0.2) is 19.2 Å². The maximum Gasteiger partial charge on any atom is 0.244 e. The van der Waals surface area contributed by atoms with Crippen LogP contribution in [0.2, 0.25) is 5.02 Å². The number of aliphatic hydroxyl groups is 1. The summed E-state index contributed by atoms with van der Waals surface area (Å²) in [6.45, 7) is 0.199. The molecule has 1 saturated heterocycles. The molecule has 118 valence electrons. The normalized spacial score (nSPS) is 21.0. The largest absolute Gasteiger partial charge is 0.395 e. The van der Waals surface area contributed by atoms with Gasteiger partial charge >= 0.3 is 0 Å². The van der Waals surface area contributed by atoms with Gasteiger partial charge in [-0.05, 0) is 18.9 Å². The Balaban J connectivity index is 2.37. The van der Waals surface area contributed by atoms with Gasteiger partial charge in [0.05, 0.1) is 11.6 Å². The van der Waals surface area contributed by atoms with Gasteiger partial charge < -0.3 is 10.5 Å². The smallest absolute Gasteiger partial charge is 0.244 e. The first-order valence-corrected chi connectivity index (χ1v) is 8.57. The number of rotatable bonds is 4. The van der Waals surface area contributed by atoms with Crippen LogP contribution in [-0.2, 0) is 10.0 Å². The third kappa shape index (κ3) is 3.46. The van der Waals surface area contributed by atoms with Crippen molar-refractivity contribution in [2.24, 2.45) is 5.84 Å². The van der Waals surface area contributed by atoms with Crippen LogP contribution in [0.4, 0.5) is 5.82 Å². The highest BCUT2D eigenvalue weighted by Gasteiger charge is 2.32. The quantitative estimate of drug-likeness (QED) is 0.558. The topological polar surface area (TPSA) is 109 Å². The molecule has 2 heterocycles. The maximum atomic E-state index is 12.7. The highest BCUT2D eigenvalue weighted by Crippen LogP contribution is 2.27. The van der Waals surface area contributed by atoms with Crippen LogP contribution in [0.15, 0.2) is 17.2 Å². The van der Waals surface area contributed by atoms with E-state index in [0.29, 0.717) is 13.0 Å². The van der Waals surface area contributed by atoms with Crippen molar-refractivity contribution in [1.82, 2.24) is 9.29 Å². The van der Waals surface area contributed by atoms with E-state index in [4.69, 9.17) is 17.4 Å². The van der Waals surface area contributed by atoms with Crippen LogP contribution >= 0.6 is 11.6 Å². The number of hydrogen-bond acceptors (Lipinski definition) is 6. The summed E-state index contributed by atoms with van der Waals surface area (Å²) < 4.78 is 26.8. The summed E-state index contributed by atoms with van der Waals surface area (Å²) >= 11 is 5.94. The summed E-state index contributed by atoms with van der Waals surface area (Å²) in [6, 6.07) is 0.918. The lowest BCUT2D eigenvalue weighted by Crippen LogP contribution is -2.42. The van der Waals surface area contributed by atoms with Crippen molar-refractivity contribution >= 4 is 27.4 Å². The summed E-state index contributed by atoms with van der Waals surface area (Å²) in [5, 5.41) is 9.59. The van der Waals surface area contributed by atoms with Crippen molar-refractivity contribution in [2.45, 2.75) is 36.6 Å². The monoisotopic (exact) mass is 334 g/mol. The highest BCUT2D eigenvalue weighted by molar-refractivity contribution is 7.89. The number of nitrogens with one attached hydrogen (secondary N) is 1. The van der Waals surface area contributed by atoms with Crippen molar-refractivity contribution in [3.05, 3.63) is 17.3 Å². The molecule has 1 aliphatic rings. The molecule has 4 N–H and O–H groups in total. The molecular formula is C12H19ClN4O3S. The molecule has 21 heavy (non-hydrogen) atoms. The first-order valence-electron chi connectivity index (χ1n) is 6.75. The number of hydrazine groups is 1. The third-order valence-corrected chi connectivity index (χ3v) is 5.80. The molecule has 0 saturated carbocycles. The Morgan fingerprint density at radius 2 is 2.24 bits per heavy atom. The number of sulfonamides is 1. The SMILES string of the molecule is NNc1ncc(S(=O)(=O)N2CCCCCC2CO)cc1Cl. The zero-order valence-electron chi connectivity index (χ0n) is 11.5. The molecule has 1 aromatic rings. The maximum absolute atomic E-state index is 12.7. The number of hydrogen-bond donors (Lipinski definition) is 3. The molecule has 1 fully saturated rings. The van der Waals surface area contributed by atoms with Gasteiger partial charge in [0.2, 0.25) is 10.0 Å². The second-order valence-electron chi connectivity index (χ2n) is 4.95. The van der Waals surface area contributed by atoms with Crippen molar-refractivity contribution in [3.8, 4) is 0 Å². The van der Waals surface area contributed by atoms with Crippen LogP contribution in [-0.4, -0.2) is 42.0 Å². The lowest BCUT2D eigenvalue weighted by molar-refractivity contribution is 0.186. The Morgan fingerprint density at radius 1 is 1.48 bits per heavy atom. The minimum absolute atomic E-state index is 0.00634. The minimum Gasteiger partial charge on any atom is -0.395 e. The molecule has 0 aromatic carbocycles. The zero-order chi connectivity index (χ0) is 15.5. The summed E-state index contributed by atoms with van der Waals surface area (Å²) in [6.07, 6.45) is 4.51. The van der Waals surface area contributed by atoms with Gasteiger partial charge in [-0.2, -0.15) is 4.31 Å². The van der Waals surface area contributed by atoms with Crippen LogP contribution < -0.4 is 11.3 Å². The van der Waals surface area contributed by atoms with Crippen molar-refractivity contribution in [2.75, 3.05) is 18.6 Å². The van der Waals surface area contributed by atoms with Gasteiger partial charge in [-0.15, -0.1) is 0 Å². The van der Waals surface area contributed by atoms with E-state index in [0.717, 1.165) is 19.3 Å². The average molecular weight is 335 g/mol. The third-order valence-electron chi connectivity index (χ3n) is 3.59. The van der Waals surface area contributed by atoms with E-state index in [-0.39, 0.29) is 22.3 Å². The fraction of sp³-hybridized carbons (Fsp3) is 0.583. The van der Waals surface area contributed by atoms with Crippen LogP contribution in [0.5, 0.6) is 0 Å². The van der Waals surface area contributed by atoms with Gasteiger partial charge in [-0.3, -0.25) is 0 Å².